The first-order chi connectivity index (χ1) is 8.15. The van der Waals surface area contributed by atoms with Gasteiger partial charge in [-0.1, -0.05) is 42.8 Å². The average molecular weight is 240 g/mol. The lowest BCUT2D eigenvalue weighted by Crippen LogP contribution is -1.76. The minimum absolute atomic E-state index is 0. The van der Waals surface area contributed by atoms with Crippen LogP contribution in [-0.2, 0) is 0 Å². The van der Waals surface area contributed by atoms with E-state index in [9.17, 15) is 0 Å². The lowest BCUT2D eigenvalue weighted by Gasteiger charge is -2.00. The van der Waals surface area contributed by atoms with E-state index in [4.69, 9.17) is 0 Å². The molecule has 0 unspecified atom stereocenters. The molecule has 0 atom stereocenters. The van der Waals surface area contributed by atoms with Gasteiger partial charge < -0.3 is 0 Å². The molecule has 0 aliphatic carbocycles. The average Bonchev–Trinajstić information content (AvgIpc) is 2.30. The second kappa shape index (κ2) is 6.10. The minimum Gasteiger partial charge on any atom is -0.151 e. The molecule has 0 N–H and O–H groups in total. The van der Waals surface area contributed by atoms with Gasteiger partial charge in [-0.05, 0) is 44.5 Å². The zero-order valence-electron chi connectivity index (χ0n) is 10.4. The number of hydrogen-bond donors (Lipinski definition) is 0. The Balaban J connectivity index is 0.00000162. The van der Waals surface area contributed by atoms with Crippen molar-refractivity contribution >= 4 is 11.4 Å². The van der Waals surface area contributed by atoms with E-state index in [1.165, 1.54) is 11.1 Å². The normalized spacial score (nSPS) is 10.4. The molecule has 2 nitrogen and oxygen atoms in total. The highest BCUT2D eigenvalue weighted by molar-refractivity contribution is 5.47. The molecule has 0 saturated carbocycles. The molecule has 94 valence electrons. The van der Waals surface area contributed by atoms with Crippen molar-refractivity contribution in [3.8, 4) is 0 Å². The Morgan fingerprint density at radius 1 is 0.722 bits per heavy atom. The quantitative estimate of drug-likeness (QED) is 0.605. The molecular weight excluding hydrogens is 220 g/mol. The van der Waals surface area contributed by atoms with E-state index >= 15 is 0 Å². The first kappa shape index (κ1) is 14.1. The first-order valence-corrected chi connectivity index (χ1v) is 5.71. The Morgan fingerprint density at radius 3 is 1.94 bits per heavy atom. The zero-order valence-corrected chi connectivity index (χ0v) is 10.4. The van der Waals surface area contributed by atoms with Crippen LogP contribution in [0.15, 0.2) is 52.7 Å². The molecule has 0 spiro atoms. The van der Waals surface area contributed by atoms with E-state index in [0.29, 0.717) is 0 Å². The molecule has 2 rings (SSSR count). The summed E-state index contributed by atoms with van der Waals surface area (Å²) < 4.78 is 0. The fourth-order valence-electron chi connectivity index (χ4n) is 1.64. The van der Waals surface area contributed by atoms with Crippen molar-refractivity contribution in [3.63, 3.8) is 0 Å². The molecule has 0 heterocycles. The lowest BCUT2D eigenvalue weighted by atomic mass is 10.1. The number of hydrogen-bond acceptors (Lipinski definition) is 2. The second-order valence-corrected chi connectivity index (χ2v) is 4.33. The second-order valence-electron chi connectivity index (χ2n) is 4.33. The van der Waals surface area contributed by atoms with Gasteiger partial charge in [-0.25, -0.2) is 0 Å². The van der Waals surface area contributed by atoms with Gasteiger partial charge in [-0.15, -0.1) is 0 Å². The van der Waals surface area contributed by atoms with Crippen LogP contribution in [0, 0.1) is 20.8 Å². The fraction of sp³-hybridized carbons (Fsp3) is 0.250. The smallest absolute Gasteiger partial charge is 0.0886 e. The number of azo groups is 1. The van der Waals surface area contributed by atoms with Crippen LogP contribution in [0.2, 0.25) is 0 Å². The Morgan fingerprint density at radius 2 is 1.33 bits per heavy atom. The van der Waals surface area contributed by atoms with Crippen LogP contribution < -0.4 is 0 Å². The van der Waals surface area contributed by atoms with Gasteiger partial charge in [0.25, 0.3) is 0 Å². The standard InChI is InChI=1S/C15H16N2.CH4/c1-11-4-7-14(8-5-11)16-17-15-9-6-12(2)10-13(15)3;/h4-10H,1-3H3;1H4. The van der Waals surface area contributed by atoms with E-state index in [2.05, 4.69) is 43.1 Å². The van der Waals surface area contributed by atoms with Crippen molar-refractivity contribution in [2.24, 2.45) is 10.2 Å². The van der Waals surface area contributed by atoms with Crippen molar-refractivity contribution < 1.29 is 0 Å². The summed E-state index contributed by atoms with van der Waals surface area (Å²) in [6, 6.07) is 14.2. The molecular formula is C16H20N2. The van der Waals surface area contributed by atoms with Gasteiger partial charge in [-0.2, -0.15) is 10.2 Å². The molecule has 2 heteroatoms. The Kier molecular flexibility index (Phi) is 4.78. The summed E-state index contributed by atoms with van der Waals surface area (Å²) >= 11 is 0. The van der Waals surface area contributed by atoms with Crippen LogP contribution in [0.25, 0.3) is 0 Å². The van der Waals surface area contributed by atoms with Crippen molar-refractivity contribution in [1.29, 1.82) is 0 Å². The summed E-state index contributed by atoms with van der Waals surface area (Å²) in [6.07, 6.45) is 0. The highest BCUT2D eigenvalue weighted by Crippen LogP contribution is 2.22. The highest BCUT2D eigenvalue weighted by atomic mass is 15.1. The van der Waals surface area contributed by atoms with E-state index in [-0.39, 0.29) is 7.43 Å². The molecule has 0 aliphatic rings. The third kappa shape index (κ3) is 3.52. The summed E-state index contributed by atoms with van der Waals surface area (Å²) in [6.45, 7) is 6.19. The predicted molar refractivity (Wildman–Crippen MR) is 78.0 cm³/mol. The molecule has 0 aromatic heterocycles. The maximum absolute atomic E-state index is 4.27. The van der Waals surface area contributed by atoms with Gasteiger partial charge in [0, 0.05) is 0 Å². The SMILES string of the molecule is C.Cc1ccc(N=Nc2ccc(C)cc2C)cc1. The van der Waals surface area contributed by atoms with Gasteiger partial charge >= 0.3 is 0 Å². The van der Waals surface area contributed by atoms with Crippen LogP contribution in [0.5, 0.6) is 0 Å². The van der Waals surface area contributed by atoms with Gasteiger partial charge in [-0.3, -0.25) is 0 Å². The van der Waals surface area contributed by atoms with E-state index in [1.807, 2.05) is 30.3 Å². The van der Waals surface area contributed by atoms with Gasteiger partial charge in [0.15, 0.2) is 0 Å². The Bertz CT molecular complexity index is 540. The molecule has 0 radical (unpaired) electrons. The Hall–Kier alpha value is -1.96. The van der Waals surface area contributed by atoms with Gasteiger partial charge in [0.1, 0.15) is 0 Å². The number of benzene rings is 2. The predicted octanol–water partition coefficient (Wildman–Crippen LogP) is 5.66. The fourth-order valence-corrected chi connectivity index (χ4v) is 1.64. The first-order valence-electron chi connectivity index (χ1n) is 5.71. The summed E-state index contributed by atoms with van der Waals surface area (Å²) in [7, 11) is 0. The molecule has 0 saturated heterocycles. The maximum Gasteiger partial charge on any atom is 0.0886 e. The Labute approximate surface area is 109 Å². The van der Waals surface area contributed by atoms with Crippen LogP contribution in [-0.4, -0.2) is 0 Å². The van der Waals surface area contributed by atoms with Crippen LogP contribution in [0.4, 0.5) is 11.4 Å². The largest absolute Gasteiger partial charge is 0.151 e. The van der Waals surface area contributed by atoms with Crippen LogP contribution >= 0.6 is 0 Å². The van der Waals surface area contributed by atoms with Crippen molar-refractivity contribution in [1.82, 2.24) is 0 Å². The van der Waals surface area contributed by atoms with Gasteiger partial charge in [0.2, 0.25) is 0 Å². The van der Waals surface area contributed by atoms with E-state index < -0.39 is 0 Å². The third-order valence-corrected chi connectivity index (χ3v) is 2.66. The van der Waals surface area contributed by atoms with E-state index in [0.717, 1.165) is 16.9 Å². The molecule has 2 aromatic rings. The van der Waals surface area contributed by atoms with Crippen molar-refractivity contribution in [2.75, 3.05) is 0 Å². The molecule has 0 amide bonds. The van der Waals surface area contributed by atoms with Crippen LogP contribution in [0.1, 0.15) is 24.1 Å². The summed E-state index contributed by atoms with van der Waals surface area (Å²) in [5, 5.41) is 8.50. The van der Waals surface area contributed by atoms with E-state index in [1.54, 1.807) is 0 Å². The monoisotopic (exact) mass is 240 g/mol. The highest BCUT2D eigenvalue weighted by Gasteiger charge is 1.96. The lowest BCUT2D eigenvalue weighted by molar-refractivity contribution is 1.20. The third-order valence-electron chi connectivity index (χ3n) is 2.66. The molecule has 0 fully saturated rings. The van der Waals surface area contributed by atoms with Crippen LogP contribution in [0.3, 0.4) is 0 Å². The topological polar surface area (TPSA) is 24.7 Å². The van der Waals surface area contributed by atoms with Gasteiger partial charge in [0.05, 0.1) is 11.4 Å². The summed E-state index contributed by atoms with van der Waals surface area (Å²) in [5.41, 5.74) is 5.44. The molecule has 18 heavy (non-hydrogen) atoms. The zero-order chi connectivity index (χ0) is 12.3. The number of rotatable bonds is 2. The summed E-state index contributed by atoms with van der Waals surface area (Å²) in [4.78, 5) is 0. The molecule has 2 aromatic carbocycles. The molecule has 0 bridgehead atoms. The van der Waals surface area contributed by atoms with Crippen molar-refractivity contribution in [2.45, 2.75) is 28.2 Å². The maximum atomic E-state index is 4.27. The number of aryl methyl sites for hydroxylation is 3. The molecule has 0 aliphatic heterocycles. The number of nitrogens with zero attached hydrogens (tertiary/aromatic N) is 2. The summed E-state index contributed by atoms with van der Waals surface area (Å²) in [5.74, 6) is 0. The van der Waals surface area contributed by atoms with Crippen molar-refractivity contribution in [3.05, 3.63) is 59.2 Å². The minimum atomic E-state index is 0.